The van der Waals surface area contributed by atoms with Crippen LogP contribution in [0.2, 0.25) is 0 Å². The largest absolute Gasteiger partial charge is 0.466 e. The van der Waals surface area contributed by atoms with Gasteiger partial charge in [0.2, 0.25) is 0 Å². The van der Waals surface area contributed by atoms with Gasteiger partial charge in [0, 0.05) is 13.1 Å². The molecule has 0 saturated heterocycles. The van der Waals surface area contributed by atoms with Crippen LogP contribution >= 0.6 is 0 Å². The Morgan fingerprint density at radius 1 is 1.75 bits per heavy atom. The fourth-order valence-electron chi connectivity index (χ4n) is 0.749. The van der Waals surface area contributed by atoms with Crippen molar-refractivity contribution in [1.29, 1.82) is 0 Å². The molecule has 0 radical (unpaired) electrons. The summed E-state index contributed by atoms with van der Waals surface area (Å²) in [5, 5.41) is 0. The SMILES string of the molecule is COC(=O)/C=C\c1cncn1C. The van der Waals surface area contributed by atoms with Crippen molar-refractivity contribution in [3.63, 3.8) is 0 Å². The minimum atomic E-state index is -0.365. The zero-order valence-electron chi connectivity index (χ0n) is 7.02. The summed E-state index contributed by atoms with van der Waals surface area (Å²) in [5.41, 5.74) is 0.861. The Hall–Kier alpha value is -1.58. The summed E-state index contributed by atoms with van der Waals surface area (Å²) in [5.74, 6) is -0.365. The average molecular weight is 166 g/mol. The number of rotatable bonds is 2. The Kier molecular flexibility index (Phi) is 2.63. The fourth-order valence-corrected chi connectivity index (χ4v) is 0.749. The topological polar surface area (TPSA) is 44.1 Å². The Morgan fingerprint density at radius 2 is 2.50 bits per heavy atom. The van der Waals surface area contributed by atoms with Gasteiger partial charge in [-0.05, 0) is 6.08 Å². The molecule has 0 aliphatic heterocycles. The average Bonchev–Trinajstić information content (AvgIpc) is 2.47. The van der Waals surface area contributed by atoms with Crippen LogP contribution in [0.25, 0.3) is 6.08 Å². The Morgan fingerprint density at radius 3 is 3.00 bits per heavy atom. The lowest BCUT2D eigenvalue weighted by atomic mass is 10.4. The summed E-state index contributed by atoms with van der Waals surface area (Å²) in [6, 6.07) is 0. The number of ether oxygens (including phenoxy) is 1. The van der Waals surface area contributed by atoms with Crippen molar-refractivity contribution in [2.24, 2.45) is 7.05 Å². The Labute approximate surface area is 70.5 Å². The normalized spacial score (nSPS) is 10.5. The van der Waals surface area contributed by atoms with Gasteiger partial charge in [0.05, 0.1) is 25.3 Å². The predicted octanol–water partition coefficient (Wildman–Crippen LogP) is 0.606. The van der Waals surface area contributed by atoms with Crippen LogP contribution in [0.3, 0.4) is 0 Å². The molecular weight excluding hydrogens is 156 g/mol. The maximum atomic E-state index is 10.7. The van der Waals surface area contributed by atoms with Crippen molar-refractivity contribution in [2.75, 3.05) is 7.11 Å². The molecule has 0 amide bonds. The molecule has 0 fully saturated rings. The van der Waals surface area contributed by atoms with E-state index >= 15 is 0 Å². The number of carbonyl (C=O) groups excluding carboxylic acids is 1. The molecule has 4 heteroatoms. The molecule has 1 heterocycles. The van der Waals surface area contributed by atoms with E-state index in [1.54, 1.807) is 23.2 Å². The second-order valence-electron chi connectivity index (χ2n) is 2.29. The van der Waals surface area contributed by atoms with Crippen molar-refractivity contribution in [2.45, 2.75) is 0 Å². The summed E-state index contributed by atoms with van der Waals surface area (Å²) in [4.78, 5) is 14.6. The monoisotopic (exact) mass is 166 g/mol. The molecule has 0 atom stereocenters. The number of carbonyl (C=O) groups is 1. The quantitative estimate of drug-likeness (QED) is 0.477. The highest BCUT2D eigenvalue weighted by Crippen LogP contribution is 1.98. The molecule has 0 N–H and O–H groups in total. The number of hydrogen-bond acceptors (Lipinski definition) is 3. The number of esters is 1. The molecule has 0 aliphatic rings. The van der Waals surface area contributed by atoms with E-state index in [9.17, 15) is 4.79 Å². The molecule has 0 unspecified atom stereocenters. The minimum absolute atomic E-state index is 0.365. The van der Waals surface area contributed by atoms with Crippen LogP contribution in [-0.4, -0.2) is 22.6 Å². The zero-order valence-corrected chi connectivity index (χ0v) is 7.02. The molecule has 0 aromatic carbocycles. The lowest BCUT2D eigenvalue weighted by molar-refractivity contribution is -0.134. The van der Waals surface area contributed by atoms with Gasteiger partial charge in [-0.25, -0.2) is 9.78 Å². The highest BCUT2D eigenvalue weighted by molar-refractivity contribution is 5.86. The van der Waals surface area contributed by atoms with Gasteiger partial charge in [0.25, 0.3) is 0 Å². The standard InChI is InChI=1S/C8H10N2O2/c1-10-6-9-5-7(10)3-4-8(11)12-2/h3-6H,1-2H3/b4-3-. The number of nitrogens with zero attached hydrogens (tertiary/aromatic N) is 2. The fraction of sp³-hybridized carbons (Fsp3) is 0.250. The first kappa shape index (κ1) is 8.52. The van der Waals surface area contributed by atoms with Crippen molar-refractivity contribution >= 4 is 12.0 Å². The molecule has 0 bridgehead atoms. The van der Waals surface area contributed by atoms with E-state index in [-0.39, 0.29) is 5.97 Å². The summed E-state index contributed by atoms with van der Waals surface area (Å²) >= 11 is 0. The van der Waals surface area contributed by atoms with Gasteiger partial charge >= 0.3 is 5.97 Å². The van der Waals surface area contributed by atoms with Crippen LogP contribution in [0.1, 0.15) is 5.69 Å². The first-order chi connectivity index (χ1) is 5.74. The number of methoxy groups -OCH3 is 1. The highest BCUT2D eigenvalue weighted by Gasteiger charge is 1.94. The second-order valence-corrected chi connectivity index (χ2v) is 2.29. The number of aryl methyl sites for hydroxylation is 1. The molecule has 64 valence electrons. The van der Waals surface area contributed by atoms with Crippen LogP contribution in [0, 0.1) is 0 Å². The van der Waals surface area contributed by atoms with Gasteiger partial charge in [0.1, 0.15) is 0 Å². The highest BCUT2D eigenvalue weighted by atomic mass is 16.5. The second kappa shape index (κ2) is 3.71. The van der Waals surface area contributed by atoms with E-state index in [1.807, 2.05) is 7.05 Å². The van der Waals surface area contributed by atoms with Crippen molar-refractivity contribution < 1.29 is 9.53 Å². The van der Waals surface area contributed by atoms with E-state index in [1.165, 1.54) is 13.2 Å². The van der Waals surface area contributed by atoms with Gasteiger partial charge in [-0.15, -0.1) is 0 Å². The van der Waals surface area contributed by atoms with Gasteiger partial charge < -0.3 is 9.30 Å². The Balaban J connectivity index is 2.69. The molecule has 1 aromatic rings. The van der Waals surface area contributed by atoms with E-state index in [4.69, 9.17) is 0 Å². The first-order valence-corrected chi connectivity index (χ1v) is 3.46. The van der Waals surface area contributed by atoms with Gasteiger partial charge in [-0.2, -0.15) is 0 Å². The van der Waals surface area contributed by atoms with E-state index < -0.39 is 0 Å². The van der Waals surface area contributed by atoms with Crippen molar-refractivity contribution in [3.05, 3.63) is 24.3 Å². The van der Waals surface area contributed by atoms with Crippen molar-refractivity contribution in [1.82, 2.24) is 9.55 Å². The van der Waals surface area contributed by atoms with E-state index in [0.717, 1.165) is 5.69 Å². The van der Waals surface area contributed by atoms with Gasteiger partial charge in [0.15, 0.2) is 0 Å². The van der Waals surface area contributed by atoms with Crippen LogP contribution in [0.5, 0.6) is 0 Å². The van der Waals surface area contributed by atoms with Crippen LogP contribution < -0.4 is 0 Å². The van der Waals surface area contributed by atoms with Crippen LogP contribution in [0.4, 0.5) is 0 Å². The third-order valence-electron chi connectivity index (χ3n) is 1.45. The Bertz CT molecular complexity index is 302. The lowest BCUT2D eigenvalue weighted by Gasteiger charge is -1.93. The predicted molar refractivity (Wildman–Crippen MR) is 44.3 cm³/mol. The number of hydrogen-bond donors (Lipinski definition) is 0. The molecular formula is C8H10N2O2. The number of imidazole rings is 1. The van der Waals surface area contributed by atoms with Gasteiger partial charge in [-0.3, -0.25) is 0 Å². The molecule has 0 aliphatic carbocycles. The summed E-state index contributed by atoms with van der Waals surface area (Å²) in [6.45, 7) is 0. The summed E-state index contributed by atoms with van der Waals surface area (Å²) in [6.07, 6.45) is 6.34. The third-order valence-corrected chi connectivity index (χ3v) is 1.45. The number of aromatic nitrogens is 2. The van der Waals surface area contributed by atoms with E-state index in [0.29, 0.717) is 0 Å². The van der Waals surface area contributed by atoms with Crippen molar-refractivity contribution in [3.8, 4) is 0 Å². The smallest absolute Gasteiger partial charge is 0.330 e. The summed E-state index contributed by atoms with van der Waals surface area (Å²) in [7, 11) is 3.19. The van der Waals surface area contributed by atoms with Gasteiger partial charge in [-0.1, -0.05) is 0 Å². The molecule has 0 spiro atoms. The maximum absolute atomic E-state index is 10.7. The van der Waals surface area contributed by atoms with Crippen LogP contribution in [0.15, 0.2) is 18.6 Å². The van der Waals surface area contributed by atoms with E-state index in [2.05, 4.69) is 9.72 Å². The van der Waals surface area contributed by atoms with Crippen LogP contribution in [-0.2, 0) is 16.6 Å². The molecule has 0 saturated carbocycles. The lowest BCUT2D eigenvalue weighted by Crippen LogP contribution is -1.94. The minimum Gasteiger partial charge on any atom is -0.466 e. The maximum Gasteiger partial charge on any atom is 0.330 e. The third kappa shape index (κ3) is 1.95. The first-order valence-electron chi connectivity index (χ1n) is 3.46. The molecule has 12 heavy (non-hydrogen) atoms. The molecule has 4 nitrogen and oxygen atoms in total. The molecule has 1 rings (SSSR count). The summed E-state index contributed by atoms with van der Waals surface area (Å²) < 4.78 is 6.24. The zero-order chi connectivity index (χ0) is 8.97. The molecule has 1 aromatic heterocycles.